The summed E-state index contributed by atoms with van der Waals surface area (Å²) in [6.07, 6.45) is 7.82. The number of likely N-dealkylation sites (tertiary alicyclic amines) is 1. The molecular weight excluding hydrogens is 306 g/mol. The van der Waals surface area contributed by atoms with Gasteiger partial charge in [-0.1, -0.05) is 11.6 Å². The van der Waals surface area contributed by atoms with Crippen LogP contribution in [0.4, 0.5) is 0 Å². The van der Waals surface area contributed by atoms with Gasteiger partial charge in [-0.15, -0.1) is 0 Å². The molecule has 1 amide bonds. The molecule has 2 aliphatic heterocycles. The third-order valence-electron chi connectivity index (χ3n) is 6.52. The molecule has 4 fully saturated rings. The standard InChI is InChI=1S/C18H25N3O3/c22-16(13-5-7-23-10-13)21-9-14-2-1-6-18(14,11-21)17-19-15(20-24-17)8-12-3-4-12/h12-14H,1-11H2/t13-,14+,18+/m0/s1. The molecule has 3 atom stereocenters. The first-order chi connectivity index (χ1) is 11.7. The van der Waals surface area contributed by atoms with Gasteiger partial charge in [0.25, 0.3) is 0 Å². The average molecular weight is 331 g/mol. The Labute approximate surface area is 141 Å². The monoisotopic (exact) mass is 331 g/mol. The third-order valence-corrected chi connectivity index (χ3v) is 6.52. The molecule has 0 N–H and O–H groups in total. The Bertz CT molecular complexity index is 635. The summed E-state index contributed by atoms with van der Waals surface area (Å²) in [7, 11) is 0. The lowest BCUT2D eigenvalue weighted by Crippen LogP contribution is -2.38. The van der Waals surface area contributed by atoms with Crippen LogP contribution >= 0.6 is 0 Å². The molecule has 6 heteroatoms. The number of rotatable bonds is 4. The van der Waals surface area contributed by atoms with Crippen LogP contribution in [-0.2, 0) is 21.4 Å². The van der Waals surface area contributed by atoms with E-state index in [0.717, 1.165) is 56.4 Å². The number of ether oxygens (including phenoxy) is 1. The molecule has 4 aliphatic rings. The SMILES string of the molecule is O=C([C@H]1CCOC1)N1C[C@H]2CCC[C@@]2(c2nc(CC3CC3)no2)C1. The molecule has 0 spiro atoms. The van der Waals surface area contributed by atoms with Gasteiger partial charge in [-0.05, 0) is 43.9 Å². The topological polar surface area (TPSA) is 68.5 Å². The van der Waals surface area contributed by atoms with E-state index in [9.17, 15) is 4.79 Å². The van der Waals surface area contributed by atoms with Crippen molar-refractivity contribution in [1.29, 1.82) is 0 Å². The number of hydrogen-bond acceptors (Lipinski definition) is 5. The van der Waals surface area contributed by atoms with Gasteiger partial charge in [0, 0.05) is 26.1 Å². The molecule has 5 rings (SSSR count). The number of amides is 1. The van der Waals surface area contributed by atoms with Gasteiger partial charge in [0.05, 0.1) is 17.9 Å². The summed E-state index contributed by atoms with van der Waals surface area (Å²) >= 11 is 0. The average Bonchev–Trinajstić information content (AvgIpc) is 3.04. The fourth-order valence-electron chi connectivity index (χ4n) is 4.91. The first-order valence-electron chi connectivity index (χ1n) is 9.44. The molecule has 6 nitrogen and oxygen atoms in total. The maximum atomic E-state index is 12.8. The Morgan fingerprint density at radius 2 is 2.21 bits per heavy atom. The largest absolute Gasteiger partial charge is 0.381 e. The van der Waals surface area contributed by atoms with Gasteiger partial charge in [-0.3, -0.25) is 4.79 Å². The van der Waals surface area contributed by atoms with Gasteiger partial charge in [0.2, 0.25) is 11.8 Å². The zero-order chi connectivity index (χ0) is 16.1. The Balaban J connectivity index is 1.36. The fraction of sp³-hybridized carbons (Fsp3) is 0.833. The smallest absolute Gasteiger partial charge is 0.235 e. The summed E-state index contributed by atoms with van der Waals surface area (Å²) in [4.78, 5) is 19.6. The van der Waals surface area contributed by atoms with Crippen LogP contribution in [0.1, 0.15) is 50.2 Å². The van der Waals surface area contributed by atoms with Gasteiger partial charge in [-0.25, -0.2) is 0 Å². The minimum absolute atomic E-state index is 0.0500. The number of hydrogen-bond donors (Lipinski definition) is 0. The number of fused-ring (bicyclic) bond motifs is 1. The second-order valence-electron chi connectivity index (χ2n) is 8.19. The zero-order valence-corrected chi connectivity index (χ0v) is 14.1. The molecule has 2 saturated carbocycles. The molecule has 3 heterocycles. The van der Waals surface area contributed by atoms with Gasteiger partial charge < -0.3 is 14.2 Å². The predicted molar refractivity (Wildman–Crippen MR) is 85.3 cm³/mol. The van der Waals surface area contributed by atoms with Gasteiger partial charge in [-0.2, -0.15) is 4.98 Å². The summed E-state index contributed by atoms with van der Waals surface area (Å²) in [5.41, 5.74) is -0.0933. The second-order valence-corrected chi connectivity index (χ2v) is 8.19. The predicted octanol–water partition coefficient (Wildman–Crippen LogP) is 1.94. The molecule has 24 heavy (non-hydrogen) atoms. The van der Waals surface area contributed by atoms with Gasteiger partial charge in [0.1, 0.15) is 0 Å². The first kappa shape index (κ1) is 14.9. The van der Waals surface area contributed by atoms with Crippen LogP contribution in [0.2, 0.25) is 0 Å². The van der Waals surface area contributed by atoms with Crippen molar-refractivity contribution in [3.8, 4) is 0 Å². The Morgan fingerprint density at radius 1 is 1.29 bits per heavy atom. The minimum atomic E-state index is -0.0933. The Morgan fingerprint density at radius 3 is 3.00 bits per heavy atom. The van der Waals surface area contributed by atoms with E-state index in [2.05, 4.69) is 5.16 Å². The highest BCUT2D eigenvalue weighted by Gasteiger charge is 2.55. The molecule has 0 unspecified atom stereocenters. The van der Waals surface area contributed by atoms with Crippen LogP contribution < -0.4 is 0 Å². The lowest BCUT2D eigenvalue weighted by molar-refractivity contribution is -0.134. The number of nitrogens with zero attached hydrogens (tertiary/aromatic N) is 3. The highest BCUT2D eigenvalue weighted by atomic mass is 16.5. The van der Waals surface area contributed by atoms with E-state index in [0.29, 0.717) is 19.1 Å². The van der Waals surface area contributed by atoms with Crippen molar-refractivity contribution in [3.05, 3.63) is 11.7 Å². The van der Waals surface area contributed by atoms with Crippen LogP contribution in [0, 0.1) is 17.8 Å². The normalized spacial score (nSPS) is 35.6. The van der Waals surface area contributed by atoms with Crippen LogP contribution in [0.25, 0.3) is 0 Å². The summed E-state index contributed by atoms with van der Waals surface area (Å²) in [6.45, 7) is 2.89. The van der Waals surface area contributed by atoms with Gasteiger partial charge >= 0.3 is 0 Å². The maximum Gasteiger partial charge on any atom is 0.235 e. The van der Waals surface area contributed by atoms with Crippen LogP contribution in [0.3, 0.4) is 0 Å². The summed E-state index contributed by atoms with van der Waals surface area (Å²) in [5.74, 6) is 3.20. The Hall–Kier alpha value is -1.43. The maximum absolute atomic E-state index is 12.8. The van der Waals surface area contributed by atoms with Crippen molar-refractivity contribution in [2.75, 3.05) is 26.3 Å². The van der Waals surface area contributed by atoms with Crippen molar-refractivity contribution in [2.24, 2.45) is 17.8 Å². The summed E-state index contributed by atoms with van der Waals surface area (Å²) in [5, 5.41) is 4.23. The van der Waals surface area contributed by atoms with E-state index in [-0.39, 0.29) is 17.2 Å². The molecular formula is C18H25N3O3. The summed E-state index contributed by atoms with van der Waals surface area (Å²) < 4.78 is 11.1. The first-order valence-corrected chi connectivity index (χ1v) is 9.44. The van der Waals surface area contributed by atoms with Crippen molar-refractivity contribution < 1.29 is 14.1 Å². The highest BCUT2D eigenvalue weighted by molar-refractivity contribution is 5.79. The molecule has 0 bridgehead atoms. The number of carbonyl (C=O) groups is 1. The van der Waals surface area contributed by atoms with Crippen LogP contribution in [0.15, 0.2) is 4.52 Å². The van der Waals surface area contributed by atoms with E-state index in [4.69, 9.17) is 14.2 Å². The second kappa shape index (κ2) is 5.55. The highest BCUT2D eigenvalue weighted by Crippen LogP contribution is 2.50. The van der Waals surface area contributed by atoms with E-state index in [1.165, 1.54) is 19.3 Å². The van der Waals surface area contributed by atoms with Crippen molar-refractivity contribution in [1.82, 2.24) is 15.0 Å². The Kier molecular flexibility index (Phi) is 3.44. The van der Waals surface area contributed by atoms with Crippen molar-refractivity contribution >= 4 is 5.91 Å². The van der Waals surface area contributed by atoms with Crippen molar-refractivity contribution in [3.63, 3.8) is 0 Å². The quantitative estimate of drug-likeness (QED) is 0.843. The lowest BCUT2D eigenvalue weighted by Gasteiger charge is -2.25. The zero-order valence-electron chi connectivity index (χ0n) is 14.1. The molecule has 2 saturated heterocycles. The molecule has 0 radical (unpaired) electrons. The third kappa shape index (κ3) is 2.38. The number of carbonyl (C=O) groups excluding carboxylic acids is 1. The number of aromatic nitrogens is 2. The molecule has 130 valence electrons. The van der Waals surface area contributed by atoms with Gasteiger partial charge in [0.15, 0.2) is 5.82 Å². The van der Waals surface area contributed by atoms with Crippen LogP contribution in [-0.4, -0.2) is 47.3 Å². The van der Waals surface area contributed by atoms with E-state index < -0.39 is 0 Å². The van der Waals surface area contributed by atoms with E-state index in [1.54, 1.807) is 0 Å². The molecule has 1 aromatic heterocycles. The molecule has 2 aliphatic carbocycles. The lowest BCUT2D eigenvalue weighted by atomic mass is 9.80. The van der Waals surface area contributed by atoms with Crippen molar-refractivity contribution in [2.45, 2.75) is 50.4 Å². The summed E-state index contributed by atoms with van der Waals surface area (Å²) in [6, 6.07) is 0. The van der Waals surface area contributed by atoms with E-state index in [1.807, 2.05) is 4.90 Å². The minimum Gasteiger partial charge on any atom is -0.381 e. The fourth-order valence-corrected chi connectivity index (χ4v) is 4.91. The van der Waals surface area contributed by atoms with Crippen LogP contribution in [0.5, 0.6) is 0 Å². The molecule has 0 aromatic carbocycles. The molecule has 1 aromatic rings. The van der Waals surface area contributed by atoms with E-state index >= 15 is 0 Å².